The fraction of sp³-hybridized carbons (Fsp3) is 0.0833. The highest BCUT2D eigenvalue weighted by Crippen LogP contribution is 2.16. The number of aromatic nitrogens is 2. The standard InChI is InChI=1S/C24H21N3O/c25-24-26-22(13-11-18-6-2-1-3-7-18)17-23(28)27(24)15-14-19-10-12-20-8-4-5-9-21(20)16-19/h1-13,16-17H,14-15H2,(H2,25,26). The van der Waals surface area contributed by atoms with E-state index in [2.05, 4.69) is 35.3 Å². The Bertz CT molecular complexity index is 1190. The van der Waals surface area contributed by atoms with Crippen molar-refractivity contribution < 1.29 is 0 Å². The predicted molar refractivity (Wildman–Crippen MR) is 116 cm³/mol. The van der Waals surface area contributed by atoms with Gasteiger partial charge in [-0.15, -0.1) is 0 Å². The van der Waals surface area contributed by atoms with Crippen molar-refractivity contribution >= 4 is 28.9 Å². The van der Waals surface area contributed by atoms with Crippen molar-refractivity contribution in [1.29, 1.82) is 0 Å². The summed E-state index contributed by atoms with van der Waals surface area (Å²) in [7, 11) is 0. The van der Waals surface area contributed by atoms with Gasteiger partial charge in [-0.2, -0.15) is 0 Å². The smallest absolute Gasteiger partial charge is 0.255 e. The first kappa shape index (κ1) is 17.7. The SMILES string of the molecule is Nc1nc(C=Cc2ccccc2)cc(=O)n1CCc1ccc2ccccc2c1. The van der Waals surface area contributed by atoms with Crippen molar-refractivity contribution in [2.24, 2.45) is 0 Å². The molecule has 4 heteroatoms. The van der Waals surface area contributed by atoms with Crippen molar-refractivity contribution in [1.82, 2.24) is 9.55 Å². The van der Waals surface area contributed by atoms with Gasteiger partial charge >= 0.3 is 0 Å². The van der Waals surface area contributed by atoms with E-state index in [-0.39, 0.29) is 11.5 Å². The molecule has 0 aliphatic heterocycles. The van der Waals surface area contributed by atoms with E-state index in [0.29, 0.717) is 12.2 Å². The molecule has 4 rings (SSSR count). The Balaban J connectivity index is 1.51. The first-order valence-electron chi connectivity index (χ1n) is 9.27. The van der Waals surface area contributed by atoms with E-state index in [0.717, 1.165) is 17.5 Å². The summed E-state index contributed by atoms with van der Waals surface area (Å²) in [5, 5.41) is 2.40. The van der Waals surface area contributed by atoms with Crippen LogP contribution < -0.4 is 11.3 Å². The zero-order chi connectivity index (χ0) is 19.3. The Morgan fingerprint density at radius 2 is 1.61 bits per heavy atom. The zero-order valence-corrected chi connectivity index (χ0v) is 15.5. The number of hydrogen-bond donors (Lipinski definition) is 1. The third kappa shape index (κ3) is 4.01. The van der Waals surface area contributed by atoms with E-state index in [4.69, 9.17) is 5.73 Å². The predicted octanol–water partition coefficient (Wildman–Crippen LogP) is 4.39. The molecule has 0 aliphatic rings. The molecule has 28 heavy (non-hydrogen) atoms. The van der Waals surface area contributed by atoms with Crippen LogP contribution in [0.3, 0.4) is 0 Å². The van der Waals surface area contributed by atoms with Crippen molar-refractivity contribution in [2.45, 2.75) is 13.0 Å². The molecule has 3 aromatic carbocycles. The van der Waals surface area contributed by atoms with Crippen LogP contribution in [0.5, 0.6) is 0 Å². The highest BCUT2D eigenvalue weighted by molar-refractivity contribution is 5.83. The van der Waals surface area contributed by atoms with Crippen molar-refractivity contribution in [3.63, 3.8) is 0 Å². The summed E-state index contributed by atoms with van der Waals surface area (Å²) in [6.45, 7) is 0.499. The van der Waals surface area contributed by atoms with Gasteiger partial charge in [-0.1, -0.05) is 78.9 Å². The third-order valence-electron chi connectivity index (χ3n) is 4.74. The van der Waals surface area contributed by atoms with Crippen molar-refractivity contribution in [3.8, 4) is 0 Å². The summed E-state index contributed by atoms with van der Waals surface area (Å²) < 4.78 is 1.52. The number of nitrogens with two attached hydrogens (primary N) is 1. The first-order valence-corrected chi connectivity index (χ1v) is 9.27. The number of benzene rings is 3. The molecule has 0 fully saturated rings. The van der Waals surface area contributed by atoms with Crippen LogP contribution in [-0.2, 0) is 13.0 Å². The van der Waals surface area contributed by atoms with Crippen LogP contribution in [0.1, 0.15) is 16.8 Å². The maximum atomic E-state index is 12.5. The molecule has 4 aromatic rings. The topological polar surface area (TPSA) is 60.9 Å². The second-order valence-electron chi connectivity index (χ2n) is 6.70. The number of fused-ring (bicyclic) bond motifs is 1. The molecule has 138 valence electrons. The Morgan fingerprint density at radius 1 is 0.857 bits per heavy atom. The van der Waals surface area contributed by atoms with Gasteiger partial charge in [-0.25, -0.2) is 4.98 Å². The summed E-state index contributed by atoms with van der Waals surface area (Å²) in [6, 6.07) is 26.0. The molecule has 0 radical (unpaired) electrons. The quantitative estimate of drug-likeness (QED) is 0.569. The van der Waals surface area contributed by atoms with Gasteiger partial charge in [0.15, 0.2) is 0 Å². The average Bonchev–Trinajstić information content (AvgIpc) is 2.72. The molecule has 2 N–H and O–H groups in total. The Labute approximate surface area is 163 Å². The van der Waals surface area contributed by atoms with Gasteiger partial charge in [-0.3, -0.25) is 9.36 Å². The number of hydrogen-bond acceptors (Lipinski definition) is 3. The zero-order valence-electron chi connectivity index (χ0n) is 15.5. The lowest BCUT2D eigenvalue weighted by Crippen LogP contribution is -2.25. The molecular formula is C24H21N3O. The molecule has 1 heterocycles. The van der Waals surface area contributed by atoms with Crippen molar-refractivity contribution in [3.05, 3.63) is 106 Å². The fourth-order valence-corrected chi connectivity index (χ4v) is 3.23. The first-order chi connectivity index (χ1) is 13.7. The van der Waals surface area contributed by atoms with E-state index >= 15 is 0 Å². The third-order valence-corrected chi connectivity index (χ3v) is 4.74. The van der Waals surface area contributed by atoms with E-state index in [9.17, 15) is 4.79 Å². The molecule has 0 atom stereocenters. The summed E-state index contributed by atoms with van der Waals surface area (Å²) in [4.78, 5) is 16.9. The van der Waals surface area contributed by atoms with Crippen LogP contribution in [0.2, 0.25) is 0 Å². The molecule has 0 bridgehead atoms. The van der Waals surface area contributed by atoms with Crippen LogP contribution in [0.15, 0.2) is 83.7 Å². The van der Waals surface area contributed by atoms with Crippen LogP contribution in [0.4, 0.5) is 5.95 Å². The highest BCUT2D eigenvalue weighted by Gasteiger charge is 2.05. The van der Waals surface area contributed by atoms with Gasteiger partial charge in [0.25, 0.3) is 5.56 Å². The molecule has 0 unspecified atom stereocenters. The summed E-state index contributed by atoms with van der Waals surface area (Å²) in [6.07, 6.45) is 4.44. The van der Waals surface area contributed by atoms with E-state index < -0.39 is 0 Å². The Kier molecular flexibility index (Phi) is 5.02. The minimum atomic E-state index is -0.138. The monoisotopic (exact) mass is 367 g/mol. The number of anilines is 1. The second-order valence-corrected chi connectivity index (χ2v) is 6.70. The molecule has 1 aromatic heterocycles. The van der Waals surface area contributed by atoms with Gasteiger partial charge in [0.1, 0.15) is 0 Å². The fourth-order valence-electron chi connectivity index (χ4n) is 3.23. The van der Waals surface area contributed by atoms with Gasteiger partial charge in [-0.05, 0) is 34.4 Å². The lowest BCUT2D eigenvalue weighted by atomic mass is 10.1. The van der Waals surface area contributed by atoms with Gasteiger partial charge < -0.3 is 5.73 Å². The largest absolute Gasteiger partial charge is 0.369 e. The van der Waals surface area contributed by atoms with Crippen molar-refractivity contribution in [2.75, 3.05) is 5.73 Å². The van der Waals surface area contributed by atoms with Crippen LogP contribution in [0, 0.1) is 0 Å². The summed E-state index contributed by atoms with van der Waals surface area (Å²) in [5.74, 6) is 0.237. The number of rotatable bonds is 5. The van der Waals surface area contributed by atoms with Crippen LogP contribution in [0.25, 0.3) is 22.9 Å². The second kappa shape index (κ2) is 7.92. The average molecular weight is 367 g/mol. The Morgan fingerprint density at radius 3 is 2.39 bits per heavy atom. The summed E-state index contributed by atoms with van der Waals surface area (Å²) in [5.41, 5.74) is 8.70. The van der Waals surface area contributed by atoms with Gasteiger partial charge in [0.2, 0.25) is 5.95 Å². The van der Waals surface area contributed by atoms with Crippen LogP contribution in [-0.4, -0.2) is 9.55 Å². The number of nitrogen functional groups attached to an aromatic ring is 1. The van der Waals surface area contributed by atoms with Crippen LogP contribution >= 0.6 is 0 Å². The minimum Gasteiger partial charge on any atom is -0.369 e. The van der Waals surface area contributed by atoms with E-state index in [1.54, 1.807) is 6.08 Å². The summed E-state index contributed by atoms with van der Waals surface area (Å²) >= 11 is 0. The van der Waals surface area contributed by atoms with Gasteiger partial charge in [0, 0.05) is 12.6 Å². The maximum Gasteiger partial charge on any atom is 0.255 e. The molecule has 0 saturated carbocycles. The normalized spacial score (nSPS) is 11.3. The minimum absolute atomic E-state index is 0.138. The molecule has 0 spiro atoms. The number of nitrogens with zero attached hydrogens (tertiary/aromatic N) is 2. The van der Waals surface area contributed by atoms with E-state index in [1.165, 1.54) is 21.4 Å². The molecule has 0 saturated heterocycles. The van der Waals surface area contributed by atoms with E-state index in [1.807, 2.05) is 48.5 Å². The molecular weight excluding hydrogens is 346 g/mol. The molecule has 4 nitrogen and oxygen atoms in total. The highest BCUT2D eigenvalue weighted by atomic mass is 16.1. The lowest BCUT2D eigenvalue weighted by molar-refractivity contribution is 0.666. The Hall–Kier alpha value is -3.66. The lowest BCUT2D eigenvalue weighted by Gasteiger charge is -2.10. The maximum absolute atomic E-state index is 12.5. The van der Waals surface area contributed by atoms with Gasteiger partial charge in [0.05, 0.1) is 5.69 Å². The molecule has 0 aliphatic carbocycles. The number of aryl methyl sites for hydroxylation is 1. The molecule has 0 amide bonds.